The second-order valence-electron chi connectivity index (χ2n) is 2.59. The third-order valence-corrected chi connectivity index (χ3v) is 4.12. The maximum absolute atomic E-state index is 8.63. The zero-order valence-electron chi connectivity index (χ0n) is 7.12. The lowest BCUT2D eigenvalue weighted by Crippen LogP contribution is -1.81. The van der Waals surface area contributed by atoms with Gasteiger partial charge in [-0.2, -0.15) is 5.26 Å². The number of nitrogens with two attached hydrogens (primary N) is 1. The van der Waals surface area contributed by atoms with Crippen LogP contribution in [0.2, 0.25) is 10.0 Å². The Hall–Kier alpha value is -0.670. The van der Waals surface area contributed by atoms with E-state index in [-0.39, 0.29) is 0 Å². The summed E-state index contributed by atoms with van der Waals surface area (Å²) in [6.07, 6.45) is 0. The predicted octanol–water partition coefficient (Wildman–Crippen LogP) is 3.76. The quantitative estimate of drug-likeness (QED) is 0.636. The number of fused-ring (bicyclic) bond motifs is 1. The highest BCUT2D eigenvalue weighted by Gasteiger charge is 2.14. The first-order valence-corrected chi connectivity index (χ1v) is 6.12. The molecule has 0 aliphatic carbocycles. The number of nitrogens with zero attached hydrogens (tertiary/aromatic N) is 2. The fraction of sp³-hybridized carbons (Fsp3) is 0. The van der Waals surface area contributed by atoms with Crippen LogP contribution in [0.4, 0.5) is 5.13 Å². The van der Waals surface area contributed by atoms with Crippen LogP contribution in [0.15, 0.2) is 11.0 Å². The van der Waals surface area contributed by atoms with Crippen molar-refractivity contribution in [2.75, 3.05) is 5.73 Å². The summed E-state index contributed by atoms with van der Waals surface area (Å²) in [5.74, 6) is 0. The minimum Gasteiger partial charge on any atom is -0.375 e. The highest BCUT2D eigenvalue weighted by molar-refractivity contribution is 8.04. The Morgan fingerprint density at radius 3 is 2.93 bits per heavy atom. The number of halogens is 2. The van der Waals surface area contributed by atoms with Crippen LogP contribution < -0.4 is 5.73 Å². The molecule has 3 nitrogen and oxygen atoms in total. The molecule has 0 saturated heterocycles. The molecule has 1 aromatic carbocycles. The molecule has 0 unspecified atom stereocenters. The number of benzene rings is 1. The molecule has 0 atom stereocenters. The van der Waals surface area contributed by atoms with E-state index >= 15 is 0 Å². The van der Waals surface area contributed by atoms with Crippen molar-refractivity contribution in [1.29, 1.82) is 5.26 Å². The smallest absolute Gasteiger partial charge is 0.181 e. The topological polar surface area (TPSA) is 62.7 Å². The molecule has 7 heteroatoms. The van der Waals surface area contributed by atoms with Crippen LogP contribution in [-0.2, 0) is 0 Å². The molecule has 0 aliphatic rings. The standard InChI is InChI=1S/C8H3Cl2N3S2/c9-3-1-4(14-2-11)6-7(5(3)10)15-8(12)13-6/h1H,(H2,12,13). The lowest BCUT2D eigenvalue weighted by molar-refractivity contribution is 1.42. The van der Waals surface area contributed by atoms with Crippen molar-refractivity contribution in [3.8, 4) is 5.40 Å². The SMILES string of the molecule is N#CSc1cc(Cl)c(Cl)c2sc(N)nc12. The van der Waals surface area contributed by atoms with Gasteiger partial charge in [0, 0.05) is 0 Å². The van der Waals surface area contributed by atoms with E-state index in [1.165, 1.54) is 11.3 Å². The van der Waals surface area contributed by atoms with Crippen LogP contribution in [0.5, 0.6) is 0 Å². The molecule has 1 heterocycles. The van der Waals surface area contributed by atoms with Gasteiger partial charge in [-0.25, -0.2) is 4.98 Å². The molecule has 2 N–H and O–H groups in total. The largest absolute Gasteiger partial charge is 0.375 e. The number of anilines is 1. The Kier molecular flexibility index (Phi) is 2.94. The van der Waals surface area contributed by atoms with Crippen LogP contribution in [0.3, 0.4) is 0 Å². The molecule has 15 heavy (non-hydrogen) atoms. The van der Waals surface area contributed by atoms with E-state index < -0.39 is 0 Å². The third kappa shape index (κ3) is 1.86. The van der Waals surface area contributed by atoms with Crippen molar-refractivity contribution in [1.82, 2.24) is 4.98 Å². The molecular weight excluding hydrogens is 273 g/mol. The Balaban J connectivity index is 2.82. The Labute approximate surface area is 104 Å². The summed E-state index contributed by atoms with van der Waals surface area (Å²) in [5, 5.41) is 11.9. The summed E-state index contributed by atoms with van der Waals surface area (Å²) < 4.78 is 0.722. The summed E-state index contributed by atoms with van der Waals surface area (Å²) in [6.45, 7) is 0. The average molecular weight is 276 g/mol. The number of hydrogen-bond acceptors (Lipinski definition) is 5. The summed E-state index contributed by atoms with van der Waals surface area (Å²) in [4.78, 5) is 4.79. The minimum atomic E-state index is 0.408. The van der Waals surface area contributed by atoms with E-state index in [1.54, 1.807) is 6.07 Å². The van der Waals surface area contributed by atoms with Crippen LogP contribution in [0.25, 0.3) is 10.2 Å². The number of nitriles is 1. The second-order valence-corrected chi connectivity index (χ2v) is 5.24. The Morgan fingerprint density at radius 1 is 1.53 bits per heavy atom. The molecule has 0 spiro atoms. The van der Waals surface area contributed by atoms with Crippen molar-refractivity contribution in [3.05, 3.63) is 16.1 Å². The summed E-state index contributed by atoms with van der Waals surface area (Å²) in [6, 6.07) is 1.62. The molecule has 0 bridgehead atoms. The van der Waals surface area contributed by atoms with E-state index in [2.05, 4.69) is 4.98 Å². The van der Waals surface area contributed by atoms with Gasteiger partial charge in [0.25, 0.3) is 0 Å². The molecule has 0 radical (unpaired) electrons. The van der Waals surface area contributed by atoms with E-state index in [9.17, 15) is 0 Å². The molecule has 0 amide bonds. The van der Waals surface area contributed by atoms with Crippen LogP contribution in [0, 0.1) is 10.7 Å². The molecule has 1 aromatic heterocycles. The van der Waals surface area contributed by atoms with Gasteiger partial charge in [-0.05, 0) is 17.8 Å². The van der Waals surface area contributed by atoms with E-state index in [4.69, 9.17) is 34.2 Å². The number of nitrogen functional groups attached to an aromatic ring is 1. The fourth-order valence-corrected chi connectivity index (χ4v) is 3.10. The van der Waals surface area contributed by atoms with Crippen molar-refractivity contribution in [3.63, 3.8) is 0 Å². The third-order valence-electron chi connectivity index (χ3n) is 1.70. The van der Waals surface area contributed by atoms with Crippen LogP contribution in [0.1, 0.15) is 0 Å². The minimum absolute atomic E-state index is 0.408. The van der Waals surface area contributed by atoms with Crippen LogP contribution >= 0.6 is 46.3 Å². The summed E-state index contributed by atoms with van der Waals surface area (Å²) in [5.41, 5.74) is 6.23. The van der Waals surface area contributed by atoms with E-state index in [1.807, 2.05) is 5.40 Å². The number of rotatable bonds is 1. The summed E-state index contributed by atoms with van der Waals surface area (Å²) >= 11 is 14.2. The zero-order valence-corrected chi connectivity index (χ0v) is 10.3. The average Bonchev–Trinajstić information content (AvgIpc) is 2.57. The maximum atomic E-state index is 8.63. The van der Waals surface area contributed by atoms with Gasteiger partial charge in [0.05, 0.1) is 25.2 Å². The van der Waals surface area contributed by atoms with Gasteiger partial charge in [0.1, 0.15) is 5.40 Å². The van der Waals surface area contributed by atoms with Crippen molar-refractivity contribution in [2.45, 2.75) is 4.90 Å². The van der Waals surface area contributed by atoms with Gasteiger partial charge < -0.3 is 5.73 Å². The normalized spacial score (nSPS) is 10.5. The van der Waals surface area contributed by atoms with Gasteiger partial charge in [0.2, 0.25) is 0 Å². The van der Waals surface area contributed by atoms with Gasteiger partial charge in [0.15, 0.2) is 5.13 Å². The highest BCUT2D eigenvalue weighted by atomic mass is 35.5. The van der Waals surface area contributed by atoms with Gasteiger partial charge in [-0.3, -0.25) is 0 Å². The molecular formula is C8H3Cl2N3S2. The van der Waals surface area contributed by atoms with E-state index in [0.717, 1.165) is 16.5 Å². The molecule has 0 saturated carbocycles. The van der Waals surface area contributed by atoms with Crippen molar-refractivity contribution < 1.29 is 0 Å². The monoisotopic (exact) mass is 275 g/mol. The first kappa shape index (κ1) is 10.8. The van der Waals surface area contributed by atoms with E-state index in [0.29, 0.717) is 25.6 Å². The Bertz CT molecular complexity index is 573. The maximum Gasteiger partial charge on any atom is 0.181 e. The summed E-state index contributed by atoms with van der Waals surface area (Å²) in [7, 11) is 0. The molecule has 0 aliphatic heterocycles. The van der Waals surface area contributed by atoms with Crippen molar-refractivity contribution in [2.24, 2.45) is 0 Å². The lowest BCUT2D eigenvalue weighted by atomic mass is 10.3. The Morgan fingerprint density at radius 2 is 2.27 bits per heavy atom. The number of aromatic nitrogens is 1. The first-order chi connectivity index (χ1) is 7.13. The van der Waals surface area contributed by atoms with Crippen molar-refractivity contribution >= 4 is 61.6 Å². The fourth-order valence-electron chi connectivity index (χ4n) is 1.13. The predicted molar refractivity (Wildman–Crippen MR) is 65.5 cm³/mol. The molecule has 2 aromatic rings. The van der Waals surface area contributed by atoms with Crippen LogP contribution in [-0.4, -0.2) is 4.98 Å². The number of thioether (sulfide) groups is 1. The molecule has 0 fully saturated rings. The lowest BCUT2D eigenvalue weighted by Gasteiger charge is -2.00. The van der Waals surface area contributed by atoms with Gasteiger partial charge >= 0.3 is 0 Å². The highest BCUT2D eigenvalue weighted by Crippen LogP contribution is 2.40. The van der Waals surface area contributed by atoms with Gasteiger partial charge in [-0.15, -0.1) is 0 Å². The first-order valence-electron chi connectivity index (χ1n) is 3.73. The second kappa shape index (κ2) is 4.06. The zero-order chi connectivity index (χ0) is 11.0. The molecule has 76 valence electrons. The van der Waals surface area contributed by atoms with Gasteiger partial charge in [-0.1, -0.05) is 34.5 Å². The molecule has 2 rings (SSSR count). The number of thiocyanates is 1. The number of hydrogen-bond donors (Lipinski definition) is 1. The number of thiazole rings is 1.